The molecule has 0 bridgehead atoms. The zero-order valence-electron chi connectivity index (χ0n) is 10.6. The lowest BCUT2D eigenvalue weighted by Crippen LogP contribution is -2.21. The molecule has 0 aliphatic rings. The number of benzene rings is 1. The standard InChI is InChI=1S/C13H17F2N3/c1-18(2)5-3-4-17-9-11-12(14)6-10(8-16)7-13(11)15/h6-7,17H,3-5,9H2,1-2H3. The minimum atomic E-state index is -0.674. The van der Waals surface area contributed by atoms with Crippen LogP contribution in [0.3, 0.4) is 0 Å². The maximum absolute atomic E-state index is 13.5. The highest BCUT2D eigenvalue weighted by atomic mass is 19.1. The molecule has 0 radical (unpaired) electrons. The third kappa shape index (κ3) is 4.40. The Balaban J connectivity index is 2.50. The van der Waals surface area contributed by atoms with E-state index in [0.29, 0.717) is 6.54 Å². The van der Waals surface area contributed by atoms with E-state index in [2.05, 4.69) is 5.32 Å². The summed E-state index contributed by atoms with van der Waals surface area (Å²) in [6.07, 6.45) is 0.909. The monoisotopic (exact) mass is 253 g/mol. The van der Waals surface area contributed by atoms with Crippen LogP contribution in [0.15, 0.2) is 12.1 Å². The first-order chi connectivity index (χ1) is 8.54. The summed E-state index contributed by atoms with van der Waals surface area (Å²) in [5, 5.41) is 11.6. The van der Waals surface area contributed by atoms with E-state index in [1.807, 2.05) is 19.0 Å². The topological polar surface area (TPSA) is 39.1 Å². The number of nitrogens with zero attached hydrogens (tertiary/aromatic N) is 2. The van der Waals surface area contributed by atoms with Crippen LogP contribution in [0.25, 0.3) is 0 Å². The van der Waals surface area contributed by atoms with Gasteiger partial charge in [-0.05, 0) is 45.7 Å². The van der Waals surface area contributed by atoms with Crippen LogP contribution in [0.4, 0.5) is 8.78 Å². The molecule has 0 saturated carbocycles. The maximum atomic E-state index is 13.5. The molecular weight excluding hydrogens is 236 g/mol. The van der Waals surface area contributed by atoms with E-state index in [9.17, 15) is 8.78 Å². The van der Waals surface area contributed by atoms with Crippen molar-refractivity contribution in [1.29, 1.82) is 5.26 Å². The average molecular weight is 253 g/mol. The van der Waals surface area contributed by atoms with Crippen LogP contribution >= 0.6 is 0 Å². The highest BCUT2D eigenvalue weighted by Gasteiger charge is 2.10. The van der Waals surface area contributed by atoms with Gasteiger partial charge in [-0.3, -0.25) is 0 Å². The lowest BCUT2D eigenvalue weighted by Gasteiger charge is -2.10. The number of nitrogens with one attached hydrogen (secondary N) is 1. The number of rotatable bonds is 6. The van der Waals surface area contributed by atoms with Crippen LogP contribution in [0.5, 0.6) is 0 Å². The van der Waals surface area contributed by atoms with Crippen molar-refractivity contribution in [3.8, 4) is 6.07 Å². The van der Waals surface area contributed by atoms with E-state index in [4.69, 9.17) is 5.26 Å². The number of hydrogen-bond acceptors (Lipinski definition) is 3. The van der Waals surface area contributed by atoms with E-state index in [0.717, 1.165) is 25.1 Å². The van der Waals surface area contributed by atoms with Gasteiger partial charge in [-0.25, -0.2) is 8.78 Å². The van der Waals surface area contributed by atoms with Crippen molar-refractivity contribution in [1.82, 2.24) is 10.2 Å². The highest BCUT2D eigenvalue weighted by molar-refractivity contribution is 5.34. The molecule has 0 atom stereocenters. The molecule has 5 heteroatoms. The molecule has 1 rings (SSSR count). The molecule has 0 aliphatic carbocycles. The molecule has 0 aromatic heterocycles. The Morgan fingerprint density at radius 1 is 1.28 bits per heavy atom. The van der Waals surface area contributed by atoms with Crippen molar-refractivity contribution in [3.63, 3.8) is 0 Å². The minimum Gasteiger partial charge on any atom is -0.312 e. The predicted octanol–water partition coefficient (Wildman–Crippen LogP) is 1.88. The molecule has 1 N–H and O–H groups in total. The SMILES string of the molecule is CN(C)CCCNCc1c(F)cc(C#N)cc1F. The Morgan fingerprint density at radius 2 is 1.89 bits per heavy atom. The fourth-order valence-corrected chi connectivity index (χ4v) is 1.57. The van der Waals surface area contributed by atoms with Crippen LogP contribution in [0.1, 0.15) is 17.5 Å². The molecule has 98 valence electrons. The first kappa shape index (κ1) is 14.6. The molecule has 0 unspecified atom stereocenters. The van der Waals surface area contributed by atoms with Crippen molar-refractivity contribution in [3.05, 3.63) is 34.9 Å². The van der Waals surface area contributed by atoms with Gasteiger partial charge in [0.15, 0.2) is 0 Å². The van der Waals surface area contributed by atoms with Gasteiger partial charge >= 0.3 is 0 Å². The molecule has 0 spiro atoms. The van der Waals surface area contributed by atoms with Gasteiger partial charge in [-0.2, -0.15) is 5.26 Å². The molecule has 1 aromatic carbocycles. The quantitative estimate of drug-likeness (QED) is 0.787. The molecular formula is C13H17F2N3. The molecule has 3 nitrogen and oxygen atoms in total. The van der Waals surface area contributed by atoms with Gasteiger partial charge in [0.25, 0.3) is 0 Å². The first-order valence-corrected chi connectivity index (χ1v) is 5.78. The highest BCUT2D eigenvalue weighted by Crippen LogP contribution is 2.14. The Hall–Kier alpha value is -1.51. The lowest BCUT2D eigenvalue weighted by molar-refractivity contribution is 0.393. The van der Waals surface area contributed by atoms with Gasteiger partial charge in [0.2, 0.25) is 0 Å². The summed E-state index contributed by atoms with van der Waals surface area (Å²) in [5.74, 6) is -1.35. The largest absolute Gasteiger partial charge is 0.312 e. The van der Waals surface area contributed by atoms with Gasteiger partial charge < -0.3 is 10.2 Å². The molecule has 1 aromatic rings. The van der Waals surface area contributed by atoms with Crippen LogP contribution in [0, 0.1) is 23.0 Å². The molecule has 0 fully saturated rings. The third-order valence-electron chi connectivity index (χ3n) is 2.53. The third-order valence-corrected chi connectivity index (χ3v) is 2.53. The Kier molecular flexibility index (Phi) is 5.69. The van der Waals surface area contributed by atoms with Crippen LogP contribution in [-0.2, 0) is 6.54 Å². The van der Waals surface area contributed by atoms with Crippen LogP contribution in [0.2, 0.25) is 0 Å². The average Bonchev–Trinajstić information content (AvgIpc) is 2.31. The second-order valence-electron chi connectivity index (χ2n) is 4.36. The number of halogens is 2. The maximum Gasteiger partial charge on any atom is 0.131 e. The summed E-state index contributed by atoms with van der Waals surface area (Å²) in [6, 6.07) is 3.83. The van der Waals surface area contributed by atoms with Gasteiger partial charge in [0.1, 0.15) is 11.6 Å². The van der Waals surface area contributed by atoms with Crippen molar-refractivity contribution >= 4 is 0 Å². The molecule has 0 heterocycles. The van der Waals surface area contributed by atoms with Crippen molar-refractivity contribution in [2.75, 3.05) is 27.2 Å². The Morgan fingerprint density at radius 3 is 2.39 bits per heavy atom. The number of hydrogen-bond donors (Lipinski definition) is 1. The van der Waals surface area contributed by atoms with Crippen LogP contribution in [-0.4, -0.2) is 32.1 Å². The van der Waals surface area contributed by atoms with Crippen LogP contribution < -0.4 is 5.32 Å². The number of nitriles is 1. The predicted molar refractivity (Wildman–Crippen MR) is 66.0 cm³/mol. The summed E-state index contributed by atoms with van der Waals surface area (Å²) in [5.41, 5.74) is -0.0137. The van der Waals surface area contributed by atoms with Gasteiger partial charge in [-0.1, -0.05) is 0 Å². The fraction of sp³-hybridized carbons (Fsp3) is 0.462. The van der Waals surface area contributed by atoms with Gasteiger partial charge in [-0.15, -0.1) is 0 Å². The van der Waals surface area contributed by atoms with Crippen molar-refractivity contribution in [2.24, 2.45) is 0 Å². The van der Waals surface area contributed by atoms with E-state index in [1.54, 1.807) is 6.07 Å². The summed E-state index contributed by atoms with van der Waals surface area (Å²) in [4.78, 5) is 2.05. The first-order valence-electron chi connectivity index (χ1n) is 5.78. The Bertz CT molecular complexity index is 415. The van der Waals surface area contributed by atoms with E-state index in [-0.39, 0.29) is 17.7 Å². The van der Waals surface area contributed by atoms with Crippen molar-refractivity contribution < 1.29 is 8.78 Å². The summed E-state index contributed by atoms with van der Waals surface area (Å²) < 4.78 is 27.0. The van der Waals surface area contributed by atoms with E-state index in [1.165, 1.54) is 0 Å². The molecule has 0 saturated heterocycles. The summed E-state index contributed by atoms with van der Waals surface area (Å²) in [6.45, 7) is 1.75. The summed E-state index contributed by atoms with van der Waals surface area (Å²) >= 11 is 0. The van der Waals surface area contributed by atoms with Gasteiger partial charge in [0.05, 0.1) is 11.6 Å². The second kappa shape index (κ2) is 7.04. The molecule has 18 heavy (non-hydrogen) atoms. The Labute approximate surface area is 106 Å². The zero-order chi connectivity index (χ0) is 13.5. The van der Waals surface area contributed by atoms with Crippen molar-refractivity contribution in [2.45, 2.75) is 13.0 Å². The minimum absolute atomic E-state index is 0.00126. The smallest absolute Gasteiger partial charge is 0.131 e. The molecule has 0 aliphatic heterocycles. The normalized spacial score (nSPS) is 10.7. The lowest BCUT2D eigenvalue weighted by atomic mass is 10.1. The van der Waals surface area contributed by atoms with Gasteiger partial charge in [0, 0.05) is 12.1 Å². The zero-order valence-corrected chi connectivity index (χ0v) is 10.6. The summed E-state index contributed by atoms with van der Waals surface area (Å²) in [7, 11) is 3.94. The molecule has 0 amide bonds. The fourth-order valence-electron chi connectivity index (χ4n) is 1.57. The second-order valence-corrected chi connectivity index (χ2v) is 4.36. The van der Waals surface area contributed by atoms with E-state index < -0.39 is 11.6 Å². The van der Waals surface area contributed by atoms with E-state index >= 15 is 0 Å².